The first kappa shape index (κ1) is 14.8. The van der Waals surface area contributed by atoms with Crippen molar-refractivity contribution in [1.29, 1.82) is 0 Å². The van der Waals surface area contributed by atoms with Crippen LogP contribution in [0.1, 0.15) is 11.7 Å². The van der Waals surface area contributed by atoms with Gasteiger partial charge in [0.15, 0.2) is 0 Å². The lowest BCUT2D eigenvalue weighted by Gasteiger charge is -2.13. The summed E-state index contributed by atoms with van der Waals surface area (Å²) >= 11 is 0. The molecule has 0 radical (unpaired) electrons. The molecule has 116 valence electrons. The average Bonchev–Trinajstić information content (AvgIpc) is 2.57. The van der Waals surface area contributed by atoms with E-state index in [0.29, 0.717) is 16.5 Å². The zero-order valence-corrected chi connectivity index (χ0v) is 11.9. The molecule has 2 heterocycles. The first-order valence-corrected chi connectivity index (χ1v) is 6.78. The van der Waals surface area contributed by atoms with Gasteiger partial charge >= 0.3 is 0 Å². The van der Waals surface area contributed by atoms with Gasteiger partial charge in [0, 0.05) is 18.3 Å². The Morgan fingerprint density at radius 3 is 2.96 bits per heavy atom. The Balaban J connectivity index is 1.93. The molecule has 0 saturated heterocycles. The summed E-state index contributed by atoms with van der Waals surface area (Å²) in [7, 11) is 0. The van der Waals surface area contributed by atoms with E-state index in [1.807, 2.05) is 0 Å². The van der Waals surface area contributed by atoms with Gasteiger partial charge < -0.3 is 5.11 Å². The number of pyridine rings is 1. The SMILES string of the molecule is O=c1c2ccncc2ncn1CC(O)c1cccc([N+](=O)[O-])c1. The Bertz CT molecular complexity index is 938. The molecule has 8 heteroatoms. The Morgan fingerprint density at radius 1 is 1.35 bits per heavy atom. The van der Waals surface area contributed by atoms with Crippen LogP contribution in [0.4, 0.5) is 5.69 Å². The predicted octanol–water partition coefficient (Wildman–Crippen LogP) is 1.43. The van der Waals surface area contributed by atoms with Gasteiger partial charge in [0.2, 0.25) is 0 Å². The van der Waals surface area contributed by atoms with E-state index in [0.717, 1.165) is 0 Å². The third-order valence-corrected chi connectivity index (χ3v) is 3.46. The number of benzene rings is 1. The van der Waals surface area contributed by atoms with Crippen LogP contribution >= 0.6 is 0 Å². The van der Waals surface area contributed by atoms with E-state index >= 15 is 0 Å². The van der Waals surface area contributed by atoms with E-state index in [1.165, 1.54) is 41.5 Å². The zero-order chi connectivity index (χ0) is 16.4. The van der Waals surface area contributed by atoms with E-state index < -0.39 is 11.0 Å². The van der Waals surface area contributed by atoms with Gasteiger partial charge in [0.1, 0.15) is 0 Å². The number of nitro benzene ring substituents is 1. The fourth-order valence-corrected chi connectivity index (χ4v) is 2.28. The molecule has 0 fully saturated rings. The van der Waals surface area contributed by atoms with Crippen LogP contribution in [-0.4, -0.2) is 24.6 Å². The average molecular weight is 312 g/mol. The molecule has 0 spiro atoms. The van der Waals surface area contributed by atoms with Gasteiger partial charge in [-0.25, -0.2) is 4.98 Å². The first-order chi connectivity index (χ1) is 11.1. The van der Waals surface area contributed by atoms with Crippen LogP contribution in [0, 0.1) is 10.1 Å². The maximum atomic E-state index is 12.3. The fraction of sp³-hybridized carbons (Fsp3) is 0.133. The number of hydrogen-bond acceptors (Lipinski definition) is 6. The standard InChI is InChI=1S/C15H12N4O4/c20-14(10-2-1-3-11(6-10)19(22)23)8-18-9-17-13-7-16-5-4-12(13)15(18)21/h1-7,9,14,20H,8H2. The lowest BCUT2D eigenvalue weighted by atomic mass is 10.1. The molecule has 0 aliphatic carbocycles. The molecule has 3 aromatic rings. The highest BCUT2D eigenvalue weighted by atomic mass is 16.6. The third-order valence-electron chi connectivity index (χ3n) is 3.46. The van der Waals surface area contributed by atoms with Crippen LogP contribution in [0.2, 0.25) is 0 Å². The van der Waals surface area contributed by atoms with Gasteiger partial charge in [-0.3, -0.25) is 24.5 Å². The van der Waals surface area contributed by atoms with E-state index in [9.17, 15) is 20.0 Å². The number of fused-ring (bicyclic) bond motifs is 1. The summed E-state index contributed by atoms with van der Waals surface area (Å²) in [4.78, 5) is 30.6. The number of rotatable bonds is 4. The van der Waals surface area contributed by atoms with Gasteiger partial charge in [-0.2, -0.15) is 0 Å². The predicted molar refractivity (Wildman–Crippen MR) is 81.9 cm³/mol. The molecule has 0 amide bonds. The Labute approximate surface area is 129 Å². The fourth-order valence-electron chi connectivity index (χ4n) is 2.28. The normalized spacial score (nSPS) is 12.2. The van der Waals surface area contributed by atoms with Gasteiger partial charge in [0.25, 0.3) is 11.2 Å². The van der Waals surface area contributed by atoms with Crippen LogP contribution in [0.15, 0.2) is 53.8 Å². The monoisotopic (exact) mass is 312 g/mol. The molecule has 3 rings (SSSR count). The molecule has 23 heavy (non-hydrogen) atoms. The molecule has 1 unspecified atom stereocenters. The highest BCUT2D eigenvalue weighted by molar-refractivity contribution is 5.75. The van der Waals surface area contributed by atoms with E-state index in [1.54, 1.807) is 12.1 Å². The minimum absolute atomic E-state index is 0.0503. The van der Waals surface area contributed by atoms with Crippen LogP contribution < -0.4 is 5.56 Å². The Hall–Kier alpha value is -3.13. The van der Waals surface area contributed by atoms with Crippen molar-refractivity contribution in [1.82, 2.24) is 14.5 Å². The third kappa shape index (κ3) is 2.92. The number of nitro groups is 1. The topological polar surface area (TPSA) is 111 Å². The molecule has 0 aliphatic rings. The van der Waals surface area contributed by atoms with Crippen molar-refractivity contribution in [3.8, 4) is 0 Å². The molecule has 1 aromatic carbocycles. The van der Waals surface area contributed by atoms with Crippen molar-refractivity contribution in [3.05, 3.63) is 75.1 Å². The zero-order valence-electron chi connectivity index (χ0n) is 11.9. The number of non-ortho nitro benzene ring substituents is 1. The van der Waals surface area contributed by atoms with Gasteiger partial charge in [0.05, 0.1) is 41.0 Å². The van der Waals surface area contributed by atoms with Crippen molar-refractivity contribution in [2.75, 3.05) is 0 Å². The van der Waals surface area contributed by atoms with Crippen LogP contribution in [0.25, 0.3) is 10.9 Å². The smallest absolute Gasteiger partial charge is 0.269 e. The van der Waals surface area contributed by atoms with Crippen molar-refractivity contribution >= 4 is 16.6 Å². The minimum atomic E-state index is -1.06. The van der Waals surface area contributed by atoms with Gasteiger partial charge in [-0.15, -0.1) is 0 Å². The number of nitrogens with zero attached hydrogens (tertiary/aromatic N) is 4. The second kappa shape index (κ2) is 5.93. The second-order valence-electron chi connectivity index (χ2n) is 4.96. The Kier molecular flexibility index (Phi) is 3.82. The highest BCUT2D eigenvalue weighted by Crippen LogP contribution is 2.20. The van der Waals surface area contributed by atoms with E-state index in [-0.39, 0.29) is 17.8 Å². The summed E-state index contributed by atoms with van der Waals surface area (Å²) in [5.41, 5.74) is 0.415. The van der Waals surface area contributed by atoms with Crippen LogP contribution in [0.5, 0.6) is 0 Å². The number of aromatic nitrogens is 3. The minimum Gasteiger partial charge on any atom is -0.387 e. The molecular formula is C15H12N4O4. The first-order valence-electron chi connectivity index (χ1n) is 6.78. The number of hydrogen-bond donors (Lipinski definition) is 1. The molecule has 1 atom stereocenters. The summed E-state index contributed by atoms with van der Waals surface area (Å²) in [5.74, 6) is 0. The molecule has 0 saturated carbocycles. The maximum Gasteiger partial charge on any atom is 0.269 e. The van der Waals surface area contributed by atoms with Gasteiger partial charge in [-0.1, -0.05) is 12.1 Å². The van der Waals surface area contributed by atoms with Crippen molar-refractivity contribution in [2.45, 2.75) is 12.6 Å². The second-order valence-corrected chi connectivity index (χ2v) is 4.96. The quantitative estimate of drug-likeness (QED) is 0.576. The van der Waals surface area contributed by atoms with Crippen LogP contribution in [0.3, 0.4) is 0 Å². The van der Waals surface area contributed by atoms with Gasteiger partial charge in [-0.05, 0) is 11.6 Å². The van der Waals surface area contributed by atoms with E-state index in [4.69, 9.17) is 0 Å². The molecular weight excluding hydrogens is 300 g/mol. The lowest BCUT2D eigenvalue weighted by molar-refractivity contribution is -0.385. The molecule has 8 nitrogen and oxygen atoms in total. The van der Waals surface area contributed by atoms with E-state index in [2.05, 4.69) is 9.97 Å². The largest absolute Gasteiger partial charge is 0.387 e. The summed E-state index contributed by atoms with van der Waals surface area (Å²) < 4.78 is 1.27. The summed E-state index contributed by atoms with van der Waals surface area (Å²) in [6.45, 7) is -0.0503. The summed E-state index contributed by atoms with van der Waals surface area (Å²) in [6.07, 6.45) is 3.24. The van der Waals surface area contributed by atoms with Crippen molar-refractivity contribution in [3.63, 3.8) is 0 Å². The van der Waals surface area contributed by atoms with Crippen LogP contribution in [-0.2, 0) is 6.54 Å². The number of aliphatic hydroxyl groups excluding tert-OH is 1. The lowest BCUT2D eigenvalue weighted by Crippen LogP contribution is -2.23. The van der Waals surface area contributed by atoms with Crippen molar-refractivity contribution in [2.24, 2.45) is 0 Å². The molecule has 0 aliphatic heterocycles. The summed E-state index contributed by atoms with van der Waals surface area (Å²) in [5, 5.41) is 21.4. The molecule has 1 N–H and O–H groups in total. The highest BCUT2D eigenvalue weighted by Gasteiger charge is 2.14. The Morgan fingerprint density at radius 2 is 2.17 bits per heavy atom. The molecule has 2 aromatic heterocycles. The van der Waals surface area contributed by atoms with Crippen molar-refractivity contribution < 1.29 is 10.0 Å². The molecule has 0 bridgehead atoms. The maximum absolute atomic E-state index is 12.3. The number of aliphatic hydroxyl groups is 1. The summed E-state index contributed by atoms with van der Waals surface area (Å²) in [6, 6.07) is 7.24.